The van der Waals surface area contributed by atoms with E-state index in [1.165, 1.54) is 49.9 Å². The number of hydrogen-bond acceptors (Lipinski definition) is 25. The Hall–Kier alpha value is -13.0. The first-order valence-electron chi connectivity index (χ1n) is 44.6. The number of phenolic OH excluding ortho intramolecular Hbond substituents is 1. The minimum Gasteiger partial charge on any atom is -0.508 e. The Morgan fingerprint density at radius 3 is 1.39 bits per heavy atom. The Bertz CT molecular complexity index is 5050. The van der Waals surface area contributed by atoms with E-state index < -0.39 is 248 Å². The lowest BCUT2D eigenvalue weighted by Gasteiger charge is -2.31. The second-order valence-electron chi connectivity index (χ2n) is 34.8. The first-order chi connectivity index (χ1) is 63.9. The highest BCUT2D eigenvalue weighted by atomic mass is 32.1. The third-order valence-corrected chi connectivity index (χ3v) is 23.2. The molecule has 0 saturated carbocycles. The fourth-order valence-corrected chi connectivity index (χ4v) is 15.8. The Morgan fingerprint density at radius 1 is 0.444 bits per heavy atom. The highest BCUT2D eigenvalue weighted by Gasteiger charge is 2.43. The summed E-state index contributed by atoms with van der Waals surface area (Å²) >= 11 is 8.33. The number of carboxylic acids is 1. The van der Waals surface area contributed by atoms with Crippen molar-refractivity contribution in [2.45, 2.75) is 236 Å². The van der Waals surface area contributed by atoms with Crippen molar-refractivity contribution >= 4 is 159 Å². The van der Waals surface area contributed by atoms with Crippen LogP contribution >= 0.6 is 25.3 Å². The quantitative estimate of drug-likeness (QED) is 0.0164. The number of fused-ring (bicyclic) bond motifs is 2. The number of thiol groups is 2. The first-order valence-corrected chi connectivity index (χ1v) is 45.9. The van der Waals surface area contributed by atoms with Gasteiger partial charge in [0.15, 0.2) is 0 Å². The third kappa shape index (κ3) is 33.3. The van der Waals surface area contributed by atoms with Crippen LogP contribution < -0.4 is 91.2 Å². The van der Waals surface area contributed by atoms with Crippen molar-refractivity contribution in [3.8, 4) is 5.75 Å². The molecular formula is C89H127N21O23S2. The van der Waals surface area contributed by atoms with Crippen LogP contribution in [-0.2, 0) is 110 Å². The molecule has 2 aliphatic rings. The summed E-state index contributed by atoms with van der Waals surface area (Å²) in [7, 11) is 0. The fourth-order valence-electron chi connectivity index (χ4n) is 15.3. The standard InChI is InChI=1S/C89H127N21O23S2/c1-44(2)30-56(90)76(119)106-67(43-135)84(127)101-59(26-27-70(91)114)78(121)105-65(41-111)82(125)102-60(31-45(3)4)77(120)96-40-73(117)109-28-14-21-69(109)86(129)108-74(49(9)112)87(130)104-64(33-50-22-24-53(113)25-23-50)88(131)110-29-15-20-68(110)85(128)95-39-72(116)99-62(34-51-36-92-57-18-12-10-16-54(51)57)80(123)103-61(32-46(5)6)79(122)97-47(7)75(118)94-38-71(115)100-63(35-52-37-93-58-19-13-11-17-55(52)58)81(124)107-66(42-134)83(126)98-48(8)89(132)133/h10-13,16-19,22-25,36-37,44-49,56,59-69,74,92-93,111-113,134-135H,14-15,20-21,26-35,38-43,90H2,1-9H3,(H2,91,114)(H,94,118)(H,95,128)(H,96,120)(H,97,122)(H,98,126)(H,99,116)(H,100,115)(H,101,127)(H,102,125)(H,103,123)(H,104,130)(H,105,121)(H,106,119)(H,107,124)(H,108,129)(H,132,133)/t47-,48-,49+,56-,59-,60-,61-,62-,63-,64-,65-,66-,67-,68-,69-,74-/m0/s1. The van der Waals surface area contributed by atoms with E-state index >= 15 is 4.79 Å². The van der Waals surface area contributed by atoms with Crippen molar-refractivity contribution in [2.75, 3.05) is 50.8 Å². The largest absolute Gasteiger partial charge is 0.508 e. The van der Waals surface area contributed by atoms with Gasteiger partial charge in [-0.3, -0.25) is 91.1 Å². The predicted octanol–water partition coefficient (Wildman–Crippen LogP) is -4.38. The number of phenols is 1. The second-order valence-corrected chi connectivity index (χ2v) is 35.6. The van der Waals surface area contributed by atoms with Gasteiger partial charge in [-0.15, -0.1) is 0 Å². The van der Waals surface area contributed by atoms with Gasteiger partial charge in [0, 0.05) is 84.5 Å². The Balaban J connectivity index is 0.974. The lowest BCUT2D eigenvalue weighted by Crippen LogP contribution is -2.61. The van der Waals surface area contributed by atoms with Gasteiger partial charge in [0.25, 0.3) is 0 Å². The molecule has 7 rings (SSSR count). The molecule has 16 atom stereocenters. The average Bonchev–Trinajstić information content (AvgIpc) is 1.70. The molecule has 18 amide bonds. The molecule has 0 bridgehead atoms. The van der Waals surface area contributed by atoms with Gasteiger partial charge in [0.05, 0.1) is 38.4 Å². The summed E-state index contributed by atoms with van der Waals surface area (Å²) < 4.78 is 0. The van der Waals surface area contributed by atoms with Gasteiger partial charge in [-0.2, -0.15) is 25.3 Å². The fraction of sp³-hybridized carbons (Fsp3) is 0.539. The maximum Gasteiger partial charge on any atom is 0.325 e. The summed E-state index contributed by atoms with van der Waals surface area (Å²) in [4.78, 5) is 270. The van der Waals surface area contributed by atoms with Crippen molar-refractivity contribution in [3.63, 3.8) is 0 Å². The number of aromatic hydroxyl groups is 1. The number of carbonyl (C=O) groups excluding carboxylic acids is 18. The van der Waals surface area contributed by atoms with E-state index in [9.17, 15) is 107 Å². The zero-order valence-corrected chi connectivity index (χ0v) is 78.5. The summed E-state index contributed by atoms with van der Waals surface area (Å²) in [5, 5.41) is 80.1. The molecule has 46 heteroatoms. The summed E-state index contributed by atoms with van der Waals surface area (Å²) in [6.07, 6.45) is 0.967. The molecule has 25 N–H and O–H groups in total. The molecule has 2 aliphatic heterocycles. The van der Waals surface area contributed by atoms with Crippen molar-refractivity contribution in [1.82, 2.24) is 99.5 Å². The van der Waals surface area contributed by atoms with E-state index in [1.54, 1.807) is 88.6 Å². The zero-order chi connectivity index (χ0) is 99.8. The monoisotopic (exact) mass is 1920 g/mol. The normalized spacial score (nSPS) is 16.7. The van der Waals surface area contributed by atoms with Crippen LogP contribution in [0.25, 0.3) is 21.8 Å². The van der Waals surface area contributed by atoms with Gasteiger partial charge in [-0.05, 0) is 131 Å². The molecule has 0 spiro atoms. The molecular weight excluding hydrogens is 1800 g/mol. The Labute approximate surface area is 790 Å². The molecule has 0 aliphatic carbocycles. The molecule has 2 aromatic heterocycles. The van der Waals surface area contributed by atoms with Crippen LogP contribution in [0.1, 0.15) is 137 Å². The van der Waals surface area contributed by atoms with Crippen molar-refractivity contribution in [2.24, 2.45) is 29.2 Å². The molecule has 3 aromatic carbocycles. The number of H-pyrrole nitrogens is 2. The number of aliphatic hydroxyl groups excluding tert-OH is 2. The Morgan fingerprint density at radius 2 is 0.874 bits per heavy atom. The SMILES string of the molecule is CC(C)C[C@H](NC(=O)[C@H](CO)NC(=O)[C@H](CCC(N)=O)NC(=O)[C@H](CS)NC(=O)[C@@H](N)CC(C)C)C(=O)NCC(=O)N1CCC[C@H]1C(=O)N[C@H](C(=O)N[C@@H](Cc1ccc(O)cc1)C(=O)N1CCC[C@H]1C(=O)NCC(=O)N[C@@H](Cc1c[nH]c2ccccc12)C(=O)N[C@@H](CC(C)C)C(=O)N[C@@H](C)C(=O)NCC(=O)N[C@@H](Cc1c[nH]c2ccccc12)C(=O)N[C@@H](CS)C(=O)N[C@@H](C)C(=O)O)[C@@H](C)O. The average molecular weight is 1920 g/mol. The minimum absolute atomic E-state index is 0.00546. The van der Waals surface area contributed by atoms with Crippen molar-refractivity contribution in [1.29, 1.82) is 0 Å². The number of aromatic nitrogens is 2. The number of rotatable bonds is 52. The van der Waals surface area contributed by atoms with Crippen molar-refractivity contribution < 1.29 is 112 Å². The third-order valence-electron chi connectivity index (χ3n) is 22.5. The molecule has 0 unspecified atom stereocenters. The number of carboxylic acid groups (broad SMARTS) is 1. The molecule has 738 valence electrons. The van der Waals surface area contributed by atoms with E-state index in [4.69, 9.17) is 11.5 Å². The zero-order valence-electron chi connectivity index (χ0n) is 76.7. The molecule has 2 saturated heterocycles. The van der Waals surface area contributed by atoms with Gasteiger partial charge >= 0.3 is 5.97 Å². The van der Waals surface area contributed by atoms with Crippen LogP contribution in [0, 0.1) is 17.8 Å². The van der Waals surface area contributed by atoms with Crippen LogP contribution in [0.4, 0.5) is 0 Å². The summed E-state index contributed by atoms with van der Waals surface area (Å²) in [5.41, 5.74) is 14.3. The molecule has 0 radical (unpaired) electrons. The molecule has 5 aromatic rings. The van der Waals surface area contributed by atoms with Crippen LogP contribution in [-0.4, -0.2) is 300 Å². The molecule has 4 heterocycles. The minimum atomic E-state index is -1.81. The van der Waals surface area contributed by atoms with Crippen LogP contribution in [0.3, 0.4) is 0 Å². The summed E-state index contributed by atoms with van der Waals surface area (Å²) in [5.74, 6) is -18.5. The number of hydrogen-bond donors (Lipinski definition) is 25. The summed E-state index contributed by atoms with van der Waals surface area (Å²) in [6.45, 7) is 11.0. The number of benzene rings is 3. The number of carbonyl (C=O) groups is 19. The molecule has 135 heavy (non-hydrogen) atoms. The molecule has 44 nitrogen and oxygen atoms in total. The Kier molecular flexibility index (Phi) is 42.5. The van der Waals surface area contributed by atoms with Gasteiger partial charge < -0.3 is 131 Å². The number of nitrogens with two attached hydrogens (primary N) is 2. The topological polar surface area (TPSA) is 676 Å². The predicted molar refractivity (Wildman–Crippen MR) is 498 cm³/mol. The number of likely N-dealkylation sites (tertiary alicyclic amines) is 2. The number of nitrogens with zero attached hydrogens (tertiary/aromatic N) is 2. The summed E-state index contributed by atoms with van der Waals surface area (Å²) in [6, 6.07) is -1.39. The smallest absolute Gasteiger partial charge is 0.325 e. The van der Waals surface area contributed by atoms with Crippen LogP contribution in [0.15, 0.2) is 85.2 Å². The maximum absolute atomic E-state index is 15.0. The van der Waals surface area contributed by atoms with E-state index in [0.29, 0.717) is 38.5 Å². The number of amides is 18. The lowest BCUT2D eigenvalue weighted by molar-refractivity contribution is -0.143. The van der Waals surface area contributed by atoms with E-state index in [0.717, 1.165) is 4.90 Å². The number of aliphatic hydroxyl groups is 2. The molecule has 2 fully saturated rings. The number of aliphatic carboxylic acids is 1. The van der Waals surface area contributed by atoms with E-state index in [1.807, 2.05) is 13.8 Å². The number of para-hydroxylation sites is 2. The van der Waals surface area contributed by atoms with Crippen LogP contribution in [0.2, 0.25) is 0 Å². The number of nitrogens with one attached hydrogen (secondary N) is 17. The second kappa shape index (κ2) is 52.6. The van der Waals surface area contributed by atoms with Gasteiger partial charge in [-0.1, -0.05) is 90.1 Å². The van der Waals surface area contributed by atoms with Gasteiger partial charge in [0.1, 0.15) is 90.3 Å². The highest BCUT2D eigenvalue weighted by Crippen LogP contribution is 2.25. The van der Waals surface area contributed by atoms with Crippen LogP contribution in [0.5, 0.6) is 5.75 Å². The van der Waals surface area contributed by atoms with Crippen molar-refractivity contribution in [3.05, 3.63) is 102 Å². The lowest BCUT2D eigenvalue weighted by atomic mass is 10.0. The van der Waals surface area contributed by atoms with Gasteiger partial charge in [0.2, 0.25) is 106 Å². The van der Waals surface area contributed by atoms with Gasteiger partial charge in [-0.25, -0.2) is 0 Å². The van der Waals surface area contributed by atoms with E-state index in [-0.39, 0.29) is 112 Å². The highest BCUT2D eigenvalue weighted by molar-refractivity contribution is 7.80. The number of primary amides is 1. The van der Waals surface area contributed by atoms with E-state index in [2.05, 4.69) is 115 Å². The first kappa shape index (κ1) is 109. The number of aromatic amines is 2. The maximum atomic E-state index is 15.0.